The minimum atomic E-state index is -3.58. The number of sulfonamides is 1. The number of halogens is 2. The van der Waals surface area contributed by atoms with E-state index in [0.29, 0.717) is 25.1 Å². The minimum absolute atomic E-state index is 0.0710. The number of rotatable bonds is 7. The van der Waals surface area contributed by atoms with Gasteiger partial charge in [-0.2, -0.15) is 0 Å². The van der Waals surface area contributed by atoms with Gasteiger partial charge in [0.1, 0.15) is 10.6 Å². The zero-order valence-corrected chi connectivity index (χ0v) is 13.9. The zero-order valence-electron chi connectivity index (χ0n) is 11.4. The Morgan fingerprint density at radius 3 is 2.65 bits per heavy atom. The number of hydrogen-bond donors (Lipinski definition) is 1. The van der Waals surface area contributed by atoms with Crippen molar-refractivity contribution >= 4 is 26.0 Å². The van der Waals surface area contributed by atoms with E-state index in [1.54, 1.807) is 13.8 Å². The van der Waals surface area contributed by atoms with E-state index in [0.717, 1.165) is 12.8 Å². The second-order valence-corrected chi connectivity index (χ2v) is 8.23. The van der Waals surface area contributed by atoms with Gasteiger partial charge in [-0.15, -0.1) is 0 Å². The van der Waals surface area contributed by atoms with Crippen LogP contribution in [0.15, 0.2) is 9.42 Å². The molecule has 0 radical (unpaired) electrons. The summed E-state index contributed by atoms with van der Waals surface area (Å²) in [5, 5.41) is 3.63. The molecule has 0 aliphatic heterocycles. The van der Waals surface area contributed by atoms with Crippen molar-refractivity contribution in [2.45, 2.75) is 49.0 Å². The number of unbranched alkanes of at least 4 members (excludes halogenated alkanes) is 1. The van der Waals surface area contributed by atoms with Gasteiger partial charge in [-0.05, 0) is 49.0 Å². The topological polar surface area (TPSA) is 72.2 Å². The molecule has 1 aromatic rings. The van der Waals surface area contributed by atoms with Crippen LogP contribution in [0.5, 0.6) is 0 Å². The van der Waals surface area contributed by atoms with Crippen molar-refractivity contribution in [2.75, 3.05) is 6.54 Å². The molecule has 1 heterocycles. The molecule has 2 atom stereocenters. The van der Waals surface area contributed by atoms with Crippen LogP contribution in [0, 0.1) is 19.8 Å². The summed E-state index contributed by atoms with van der Waals surface area (Å²) in [5.41, 5.74) is 0.356. The highest BCUT2D eigenvalue weighted by Gasteiger charge is 2.52. The Kier molecular flexibility index (Phi) is 4.56. The first-order valence-electron chi connectivity index (χ1n) is 6.54. The van der Waals surface area contributed by atoms with Crippen molar-refractivity contribution in [1.82, 2.24) is 9.88 Å². The number of hydrogen-bond acceptors (Lipinski definition) is 4. The lowest BCUT2D eigenvalue weighted by atomic mass is 10.2. The standard InChI is InChI=1S/C12H18BrFN2O3S/c1-8-11(9(2)19-16-8)20(17,18)15-6-4-3-5-10-7-12(10,13)14/h10,15H,3-7H2,1-2H3. The van der Waals surface area contributed by atoms with Gasteiger partial charge in [-0.3, -0.25) is 0 Å². The summed E-state index contributed by atoms with van der Waals surface area (Å²) in [6, 6.07) is 0. The van der Waals surface area contributed by atoms with E-state index in [9.17, 15) is 12.8 Å². The summed E-state index contributed by atoms with van der Waals surface area (Å²) in [6.07, 6.45) is 2.81. The van der Waals surface area contributed by atoms with Crippen LogP contribution in [0.1, 0.15) is 37.1 Å². The van der Waals surface area contributed by atoms with E-state index in [2.05, 4.69) is 25.8 Å². The van der Waals surface area contributed by atoms with Crippen molar-refractivity contribution in [3.05, 3.63) is 11.5 Å². The highest BCUT2D eigenvalue weighted by atomic mass is 79.9. The first-order chi connectivity index (χ1) is 9.24. The molecule has 1 aliphatic rings. The maximum Gasteiger partial charge on any atom is 0.245 e. The van der Waals surface area contributed by atoms with Gasteiger partial charge in [0.05, 0.1) is 0 Å². The SMILES string of the molecule is Cc1noc(C)c1S(=O)(=O)NCCCCC1CC1(F)Br. The fraction of sp³-hybridized carbons (Fsp3) is 0.750. The lowest BCUT2D eigenvalue weighted by molar-refractivity contribution is 0.390. The molecule has 5 nitrogen and oxygen atoms in total. The van der Waals surface area contributed by atoms with Crippen LogP contribution in [-0.2, 0) is 10.0 Å². The summed E-state index contributed by atoms with van der Waals surface area (Å²) in [4.78, 5) is 0.114. The molecule has 1 saturated carbocycles. The normalized spacial score (nSPS) is 25.9. The van der Waals surface area contributed by atoms with E-state index in [1.165, 1.54) is 0 Å². The van der Waals surface area contributed by atoms with E-state index in [-0.39, 0.29) is 16.6 Å². The molecule has 8 heteroatoms. The van der Waals surface area contributed by atoms with Gasteiger partial charge >= 0.3 is 0 Å². The van der Waals surface area contributed by atoms with Crippen LogP contribution in [0.3, 0.4) is 0 Å². The van der Waals surface area contributed by atoms with Crippen molar-refractivity contribution in [1.29, 1.82) is 0 Å². The highest BCUT2D eigenvalue weighted by Crippen LogP contribution is 2.54. The van der Waals surface area contributed by atoms with Gasteiger partial charge in [0.2, 0.25) is 10.0 Å². The van der Waals surface area contributed by atoms with Crippen LogP contribution >= 0.6 is 15.9 Å². The molecule has 0 aromatic carbocycles. The van der Waals surface area contributed by atoms with Gasteiger partial charge in [0, 0.05) is 12.5 Å². The summed E-state index contributed by atoms with van der Waals surface area (Å²) < 4.78 is 43.6. The maximum atomic E-state index is 13.2. The number of nitrogens with one attached hydrogen (secondary N) is 1. The van der Waals surface area contributed by atoms with E-state index in [4.69, 9.17) is 4.52 Å². The summed E-state index contributed by atoms with van der Waals surface area (Å²) >= 11 is 3.00. The summed E-state index contributed by atoms with van der Waals surface area (Å²) in [6.45, 7) is 3.49. The van der Waals surface area contributed by atoms with Crippen LogP contribution in [0.25, 0.3) is 0 Å². The Labute approximate surface area is 126 Å². The fourth-order valence-corrected chi connectivity index (χ4v) is 4.25. The van der Waals surface area contributed by atoms with Crippen molar-refractivity contribution in [3.8, 4) is 0 Å². The molecule has 0 amide bonds. The fourth-order valence-electron chi connectivity index (χ4n) is 2.24. The lowest BCUT2D eigenvalue weighted by Crippen LogP contribution is -2.25. The maximum absolute atomic E-state index is 13.2. The predicted octanol–water partition coefficient (Wildman–Crippen LogP) is 2.82. The van der Waals surface area contributed by atoms with Crippen molar-refractivity contribution in [2.24, 2.45) is 5.92 Å². The molecule has 2 rings (SSSR count). The Morgan fingerprint density at radius 1 is 1.50 bits per heavy atom. The van der Waals surface area contributed by atoms with Crippen molar-refractivity contribution < 1.29 is 17.3 Å². The molecule has 20 heavy (non-hydrogen) atoms. The average Bonchev–Trinajstić information content (AvgIpc) is 2.77. The molecule has 2 unspecified atom stereocenters. The first-order valence-corrected chi connectivity index (χ1v) is 8.82. The third-order valence-electron chi connectivity index (χ3n) is 3.46. The Morgan fingerprint density at radius 2 is 2.15 bits per heavy atom. The average molecular weight is 369 g/mol. The van der Waals surface area contributed by atoms with Crippen LogP contribution < -0.4 is 4.72 Å². The van der Waals surface area contributed by atoms with Crippen molar-refractivity contribution in [3.63, 3.8) is 0 Å². The molecule has 114 valence electrons. The molecule has 1 aromatic heterocycles. The lowest BCUT2D eigenvalue weighted by Gasteiger charge is -2.06. The van der Waals surface area contributed by atoms with Gasteiger partial charge in [-0.25, -0.2) is 17.5 Å². The molecule has 1 N–H and O–H groups in total. The van der Waals surface area contributed by atoms with Gasteiger partial charge < -0.3 is 4.52 Å². The third-order valence-corrected chi connectivity index (χ3v) is 6.14. The third kappa shape index (κ3) is 3.59. The molecule has 0 spiro atoms. The van der Waals surface area contributed by atoms with Gasteiger partial charge in [-0.1, -0.05) is 11.6 Å². The van der Waals surface area contributed by atoms with E-state index >= 15 is 0 Å². The molecule has 1 aliphatic carbocycles. The Bertz CT molecular complexity index is 566. The molecular formula is C12H18BrFN2O3S. The predicted molar refractivity (Wildman–Crippen MR) is 75.9 cm³/mol. The zero-order chi connectivity index (χ0) is 15.0. The largest absolute Gasteiger partial charge is 0.360 e. The molecular weight excluding hydrogens is 351 g/mol. The number of alkyl halides is 2. The first kappa shape index (κ1) is 15.9. The smallest absolute Gasteiger partial charge is 0.245 e. The number of nitrogens with zero attached hydrogens (tertiary/aromatic N) is 1. The molecule has 1 fully saturated rings. The van der Waals surface area contributed by atoms with E-state index in [1.807, 2.05) is 0 Å². The van der Waals surface area contributed by atoms with Crippen LogP contribution in [0.4, 0.5) is 4.39 Å². The summed E-state index contributed by atoms with van der Waals surface area (Å²) in [7, 11) is -3.58. The molecule has 0 bridgehead atoms. The van der Waals surface area contributed by atoms with E-state index < -0.39 is 14.6 Å². The quantitative estimate of drug-likeness (QED) is 0.593. The minimum Gasteiger partial charge on any atom is -0.360 e. The van der Waals surface area contributed by atoms with Gasteiger partial charge in [0.15, 0.2) is 10.3 Å². The second-order valence-electron chi connectivity index (χ2n) is 5.21. The Balaban J connectivity index is 1.76. The van der Waals surface area contributed by atoms with Crippen LogP contribution in [-0.4, -0.2) is 24.7 Å². The van der Waals surface area contributed by atoms with Gasteiger partial charge in [0.25, 0.3) is 0 Å². The van der Waals surface area contributed by atoms with Crippen LogP contribution in [0.2, 0.25) is 0 Å². The molecule has 0 saturated heterocycles. The second kappa shape index (κ2) is 5.73. The number of aryl methyl sites for hydroxylation is 2. The monoisotopic (exact) mass is 368 g/mol. The summed E-state index contributed by atoms with van der Waals surface area (Å²) in [5.74, 6) is 0.358. The number of aromatic nitrogens is 1. The highest BCUT2D eigenvalue weighted by molar-refractivity contribution is 9.10. The Hall–Kier alpha value is -0.470.